The smallest absolute Gasteiger partial charge is 0.0474 e. The van der Waals surface area contributed by atoms with Gasteiger partial charge in [0.25, 0.3) is 0 Å². The third-order valence-electron chi connectivity index (χ3n) is 3.49. The van der Waals surface area contributed by atoms with E-state index < -0.39 is 0 Å². The van der Waals surface area contributed by atoms with Gasteiger partial charge in [-0.3, -0.25) is 0 Å². The molecule has 0 fully saturated rings. The average molecular weight is 217 g/mol. The lowest BCUT2D eigenvalue weighted by Crippen LogP contribution is -2.33. The Bertz CT molecular complexity index is 390. The molecule has 0 bridgehead atoms. The fourth-order valence-electron chi connectivity index (χ4n) is 2.12. The molecule has 1 nitrogen and oxygen atoms in total. The summed E-state index contributed by atoms with van der Waals surface area (Å²) in [5.41, 5.74) is 5.64. The van der Waals surface area contributed by atoms with Gasteiger partial charge in [0, 0.05) is 24.3 Å². The normalized spacial score (nSPS) is 18.9. The van der Waals surface area contributed by atoms with Crippen molar-refractivity contribution in [2.75, 3.05) is 11.9 Å². The molecule has 1 aromatic carbocycles. The van der Waals surface area contributed by atoms with Gasteiger partial charge in [0.15, 0.2) is 0 Å². The van der Waals surface area contributed by atoms with Gasteiger partial charge in [-0.25, -0.2) is 0 Å². The van der Waals surface area contributed by atoms with Gasteiger partial charge in [0.2, 0.25) is 0 Å². The third-order valence-corrected chi connectivity index (χ3v) is 3.49. The van der Waals surface area contributed by atoms with E-state index in [4.69, 9.17) is 0 Å². The second-order valence-corrected chi connectivity index (χ2v) is 4.11. The summed E-state index contributed by atoms with van der Waals surface area (Å²) in [6, 6.07) is 9.14. The molecule has 16 heavy (non-hydrogen) atoms. The summed E-state index contributed by atoms with van der Waals surface area (Å²) in [6.45, 7) is 10.7. The molecule has 2 rings (SSSR count). The molecular formula is C15H23N. The van der Waals surface area contributed by atoms with Gasteiger partial charge in [-0.1, -0.05) is 32.0 Å². The maximum Gasteiger partial charge on any atom is 0.0474 e. The van der Waals surface area contributed by atoms with Crippen LogP contribution in [0.15, 0.2) is 29.8 Å². The number of para-hydroxylation sites is 1. The lowest BCUT2D eigenvalue weighted by atomic mass is 9.91. The third kappa shape index (κ3) is 1.99. The highest BCUT2D eigenvalue weighted by Crippen LogP contribution is 2.36. The highest BCUT2D eigenvalue weighted by Gasteiger charge is 2.22. The van der Waals surface area contributed by atoms with Gasteiger partial charge in [-0.05, 0) is 38.0 Å². The van der Waals surface area contributed by atoms with Crippen molar-refractivity contribution in [3.63, 3.8) is 0 Å². The molecule has 1 atom stereocenters. The highest BCUT2D eigenvalue weighted by atomic mass is 15.1. The first-order valence-corrected chi connectivity index (χ1v) is 6.12. The monoisotopic (exact) mass is 217 g/mol. The molecule has 1 aliphatic heterocycles. The molecule has 0 aliphatic carbocycles. The Balaban J connectivity index is 0.000000606. The van der Waals surface area contributed by atoms with E-state index in [1.165, 1.54) is 22.4 Å². The van der Waals surface area contributed by atoms with Gasteiger partial charge >= 0.3 is 0 Å². The minimum Gasteiger partial charge on any atom is -0.368 e. The quantitative estimate of drug-likeness (QED) is 0.624. The Labute approximate surface area is 99.8 Å². The van der Waals surface area contributed by atoms with Crippen LogP contribution in [0.25, 0.3) is 5.57 Å². The van der Waals surface area contributed by atoms with Gasteiger partial charge in [-0.2, -0.15) is 0 Å². The van der Waals surface area contributed by atoms with Crippen LogP contribution in [0.2, 0.25) is 0 Å². The summed E-state index contributed by atoms with van der Waals surface area (Å²) in [7, 11) is 2.17. The molecular weight excluding hydrogens is 194 g/mol. The fourth-order valence-corrected chi connectivity index (χ4v) is 2.12. The van der Waals surface area contributed by atoms with Gasteiger partial charge in [0.1, 0.15) is 0 Å². The molecule has 1 aromatic rings. The van der Waals surface area contributed by atoms with E-state index in [2.05, 4.69) is 57.0 Å². The van der Waals surface area contributed by atoms with Gasteiger partial charge in [-0.15, -0.1) is 0 Å². The van der Waals surface area contributed by atoms with E-state index in [9.17, 15) is 0 Å². The Morgan fingerprint density at radius 3 is 2.25 bits per heavy atom. The van der Waals surface area contributed by atoms with Crippen LogP contribution in [-0.2, 0) is 0 Å². The molecule has 0 N–H and O–H groups in total. The zero-order valence-electron chi connectivity index (χ0n) is 11.3. The summed E-state index contributed by atoms with van der Waals surface area (Å²) in [6.07, 6.45) is 0. The first-order valence-electron chi connectivity index (χ1n) is 6.12. The minimum atomic E-state index is 0.518. The van der Waals surface area contributed by atoms with E-state index in [0.29, 0.717) is 6.04 Å². The van der Waals surface area contributed by atoms with Crippen LogP contribution in [0.3, 0.4) is 0 Å². The molecule has 1 aliphatic rings. The predicted molar refractivity (Wildman–Crippen MR) is 73.9 cm³/mol. The number of anilines is 1. The van der Waals surface area contributed by atoms with Crippen LogP contribution in [0.4, 0.5) is 5.69 Å². The Hall–Kier alpha value is -1.24. The molecule has 88 valence electrons. The minimum absolute atomic E-state index is 0.518. The van der Waals surface area contributed by atoms with Crippen molar-refractivity contribution in [3.8, 4) is 0 Å². The van der Waals surface area contributed by atoms with Crippen LogP contribution < -0.4 is 4.90 Å². The number of rotatable bonds is 0. The Morgan fingerprint density at radius 1 is 1.06 bits per heavy atom. The second kappa shape index (κ2) is 5.20. The average Bonchev–Trinajstić information content (AvgIpc) is 2.36. The van der Waals surface area contributed by atoms with E-state index >= 15 is 0 Å². The second-order valence-electron chi connectivity index (χ2n) is 4.11. The Morgan fingerprint density at radius 2 is 1.62 bits per heavy atom. The van der Waals surface area contributed by atoms with Crippen molar-refractivity contribution in [3.05, 3.63) is 35.4 Å². The number of hydrogen-bond acceptors (Lipinski definition) is 1. The lowest BCUT2D eigenvalue weighted by Gasteiger charge is -2.35. The van der Waals surface area contributed by atoms with Gasteiger partial charge in [0.05, 0.1) is 0 Å². The van der Waals surface area contributed by atoms with E-state index in [1.807, 2.05) is 13.8 Å². The molecule has 1 unspecified atom stereocenters. The summed E-state index contributed by atoms with van der Waals surface area (Å²) in [5, 5.41) is 0. The van der Waals surface area contributed by atoms with Crippen LogP contribution in [0.1, 0.15) is 40.2 Å². The fraction of sp³-hybridized carbons (Fsp3) is 0.467. The van der Waals surface area contributed by atoms with Crippen LogP contribution in [0, 0.1) is 0 Å². The molecule has 0 spiro atoms. The first-order chi connectivity index (χ1) is 7.63. The highest BCUT2D eigenvalue weighted by molar-refractivity contribution is 5.81. The number of nitrogens with zero attached hydrogens (tertiary/aromatic N) is 1. The van der Waals surface area contributed by atoms with Crippen molar-refractivity contribution in [1.29, 1.82) is 0 Å². The molecule has 1 heteroatoms. The topological polar surface area (TPSA) is 3.24 Å². The van der Waals surface area contributed by atoms with Crippen molar-refractivity contribution in [2.45, 2.75) is 40.7 Å². The van der Waals surface area contributed by atoms with Crippen molar-refractivity contribution < 1.29 is 0 Å². The van der Waals surface area contributed by atoms with E-state index in [0.717, 1.165) is 0 Å². The largest absolute Gasteiger partial charge is 0.368 e. The summed E-state index contributed by atoms with van der Waals surface area (Å²) >= 11 is 0. The molecule has 0 saturated carbocycles. The maximum absolute atomic E-state index is 2.34. The number of likely N-dealkylation sites (N-methyl/N-ethyl adjacent to an activating group) is 1. The maximum atomic E-state index is 2.34. The van der Waals surface area contributed by atoms with E-state index in [-0.39, 0.29) is 0 Å². The first kappa shape index (κ1) is 12.8. The molecule has 0 amide bonds. The predicted octanol–water partition coefficient (Wildman–Crippen LogP) is 4.34. The molecule has 0 radical (unpaired) electrons. The summed E-state index contributed by atoms with van der Waals surface area (Å²) < 4.78 is 0. The summed E-state index contributed by atoms with van der Waals surface area (Å²) in [5.74, 6) is 0. The van der Waals surface area contributed by atoms with Crippen LogP contribution in [0.5, 0.6) is 0 Å². The number of hydrogen-bond donors (Lipinski definition) is 0. The SMILES string of the molecule is CC.CC1=C(C)C(C)N(C)c2ccccc21. The zero-order valence-corrected chi connectivity index (χ0v) is 11.3. The lowest BCUT2D eigenvalue weighted by molar-refractivity contribution is 0.768. The van der Waals surface area contributed by atoms with Crippen LogP contribution in [-0.4, -0.2) is 13.1 Å². The number of fused-ring (bicyclic) bond motifs is 1. The van der Waals surface area contributed by atoms with Crippen molar-refractivity contribution in [2.24, 2.45) is 0 Å². The van der Waals surface area contributed by atoms with Crippen LogP contribution >= 0.6 is 0 Å². The van der Waals surface area contributed by atoms with E-state index in [1.54, 1.807) is 0 Å². The molecule has 1 heterocycles. The molecule has 0 saturated heterocycles. The zero-order chi connectivity index (χ0) is 12.3. The molecule has 0 aromatic heterocycles. The number of allylic oxidation sites excluding steroid dienone is 1. The Kier molecular flexibility index (Phi) is 4.17. The van der Waals surface area contributed by atoms with Crippen molar-refractivity contribution >= 4 is 11.3 Å². The van der Waals surface area contributed by atoms with Crippen molar-refractivity contribution in [1.82, 2.24) is 0 Å². The number of benzene rings is 1. The summed E-state index contributed by atoms with van der Waals surface area (Å²) in [4.78, 5) is 2.34. The van der Waals surface area contributed by atoms with Gasteiger partial charge < -0.3 is 4.90 Å². The standard InChI is InChI=1S/C13H17N.C2H6/c1-9-10(2)12-7-5-6-8-13(12)14(4)11(9)3;1-2/h5-8,11H,1-4H3;1-2H3.